The van der Waals surface area contributed by atoms with E-state index in [9.17, 15) is 20.4 Å². The second-order valence-corrected chi connectivity index (χ2v) is 19.1. The Morgan fingerprint density at radius 1 is 0.286 bits per heavy atom. The number of hydrogen-bond donors (Lipinski definition) is 4. The maximum absolute atomic E-state index is 11.4. The second kappa shape index (κ2) is 32.2. The third-order valence-electron chi connectivity index (χ3n) is 13.1. The fourth-order valence-corrected chi connectivity index (χ4v) is 8.98. The topological polar surface area (TPSA) is 186 Å². The number of rotatable bonds is 0. The van der Waals surface area contributed by atoms with Gasteiger partial charge in [-0.15, -0.1) is 0 Å². The van der Waals surface area contributed by atoms with E-state index in [2.05, 4.69) is 33.1 Å². The molecular formula is C68H64N4Ni2O10. The summed E-state index contributed by atoms with van der Waals surface area (Å²) in [5.74, 6) is 2.54. The van der Waals surface area contributed by atoms with Crippen molar-refractivity contribution in [2.24, 2.45) is 20.0 Å². The molecule has 8 aromatic carbocycles. The number of nitrogens with zero attached hydrogens (tertiary/aromatic N) is 4. The van der Waals surface area contributed by atoms with E-state index < -0.39 is 0 Å². The first-order valence-corrected chi connectivity index (χ1v) is 26.9. The molecule has 8 bridgehead atoms. The van der Waals surface area contributed by atoms with Gasteiger partial charge in [0.25, 0.3) is 0 Å². The van der Waals surface area contributed by atoms with Crippen LogP contribution in [0.2, 0.25) is 0 Å². The first kappa shape index (κ1) is 62.8. The van der Waals surface area contributed by atoms with Gasteiger partial charge in [0.15, 0.2) is 0 Å². The Labute approximate surface area is 509 Å². The molecule has 0 atom stereocenters. The van der Waals surface area contributed by atoms with Crippen molar-refractivity contribution in [2.75, 3.05) is 52.9 Å². The molecule has 8 aromatic rings. The summed E-state index contributed by atoms with van der Waals surface area (Å²) in [7, 11) is 0. The molecule has 14 nitrogen and oxygen atoms in total. The van der Waals surface area contributed by atoms with Crippen LogP contribution >= 0.6 is 0 Å². The standard InChI is InChI=1S/C68H64N4O10.2Ni/c1-47-39-49-15-11-19-53(65(49)73)43-69-57-23-3-7-27-61(57)79-35-31-77-33-37-81-63-29-9-5-25-59(63)71-45-55-21-13-17-51(67(55)75)41-48(2)42-52-18-14-22-56(68(52)76)46-72-60-26-6-10-30-64(60)82-38-34-78-32-36-80-62-28-8-4-24-58(62)70-44-54-20-12-16-50(40-47)66(54)74;;/h3-30,43-46,73-76H,1-2,31-42H2;;. The Balaban J connectivity index is 0.00000506. The van der Waals surface area contributed by atoms with Crippen LogP contribution < -0.4 is 18.9 Å². The van der Waals surface area contributed by atoms with E-state index >= 15 is 0 Å². The molecule has 1 heterocycles. The third kappa shape index (κ3) is 17.6. The van der Waals surface area contributed by atoms with Gasteiger partial charge < -0.3 is 48.8 Å². The zero-order chi connectivity index (χ0) is 56.9. The normalized spacial score (nSPS) is 14.2. The number of fused-ring (bicyclic) bond motifs is 12. The van der Waals surface area contributed by atoms with E-state index in [1.807, 2.05) is 146 Å². The van der Waals surface area contributed by atoms with E-state index in [0.717, 1.165) is 11.1 Å². The number of hydrogen-bond acceptors (Lipinski definition) is 14. The van der Waals surface area contributed by atoms with E-state index in [-0.39, 0.29) is 82.4 Å². The quantitative estimate of drug-likeness (QED) is 0.0841. The van der Waals surface area contributed by atoms with Gasteiger partial charge in [-0.2, -0.15) is 0 Å². The Morgan fingerprint density at radius 2 is 0.512 bits per heavy atom. The summed E-state index contributed by atoms with van der Waals surface area (Å²) in [6.07, 6.45) is 7.87. The molecule has 16 heteroatoms. The summed E-state index contributed by atoms with van der Waals surface area (Å²) in [6.45, 7) is 10.8. The summed E-state index contributed by atoms with van der Waals surface area (Å²) in [6, 6.07) is 51.5. The van der Waals surface area contributed by atoms with Crippen LogP contribution in [-0.2, 0) is 68.1 Å². The van der Waals surface area contributed by atoms with Crippen LogP contribution in [0.5, 0.6) is 46.0 Å². The Kier molecular flexibility index (Phi) is 24.1. The van der Waals surface area contributed by atoms with Crippen molar-refractivity contribution in [1.29, 1.82) is 0 Å². The van der Waals surface area contributed by atoms with Gasteiger partial charge in [0.05, 0.1) is 26.4 Å². The number of allylic oxidation sites excluding steroid dienone is 2. The number of para-hydroxylation sites is 12. The van der Waals surface area contributed by atoms with Crippen molar-refractivity contribution >= 4 is 47.6 Å². The van der Waals surface area contributed by atoms with Gasteiger partial charge in [-0.1, -0.05) is 121 Å². The average Bonchev–Trinajstić information content (AvgIpc) is 3.49. The molecular weight excluding hydrogens is 1150 g/mol. The van der Waals surface area contributed by atoms with Crippen molar-refractivity contribution in [1.82, 2.24) is 0 Å². The molecule has 436 valence electrons. The summed E-state index contributed by atoms with van der Waals surface area (Å²) >= 11 is 0. The molecule has 0 amide bonds. The minimum atomic E-state index is 0. The van der Waals surface area contributed by atoms with Gasteiger partial charge in [-0.05, 0) is 121 Å². The first-order chi connectivity index (χ1) is 40.2. The number of ether oxygens (including phenoxy) is 6. The zero-order valence-electron chi connectivity index (χ0n) is 46.0. The van der Waals surface area contributed by atoms with Crippen LogP contribution in [0.15, 0.2) is 214 Å². The van der Waals surface area contributed by atoms with Crippen LogP contribution in [0.25, 0.3) is 0 Å². The Hall–Kier alpha value is -8.77. The van der Waals surface area contributed by atoms with Gasteiger partial charge in [0.1, 0.15) is 95.2 Å². The number of phenolic OH excluding ortho intramolecular Hbond substituents is 4. The monoisotopic (exact) mass is 1210 g/mol. The van der Waals surface area contributed by atoms with Gasteiger partial charge in [-0.3, -0.25) is 20.0 Å². The SMILES string of the molecule is C=C1Cc2cccc(c2O)C=Nc2ccccc2OCCOCCOc2ccccc2N=Cc2cccc(c2O)CC(=C)Cc2cccc(c2O)C=Nc2ccccc2OCCOCCOc2ccccc2N=Cc2cccc(c2O)C1.[Ni].[Ni]. The van der Waals surface area contributed by atoms with Crippen molar-refractivity contribution in [3.63, 3.8) is 0 Å². The first-order valence-electron chi connectivity index (χ1n) is 26.9. The maximum Gasteiger partial charge on any atom is 0.145 e. The number of aliphatic imine (C=N–C) groups is 4. The van der Waals surface area contributed by atoms with E-state index in [4.69, 9.17) is 28.4 Å². The minimum absolute atomic E-state index is 0. The predicted octanol–water partition coefficient (Wildman–Crippen LogP) is 13.5. The second-order valence-electron chi connectivity index (χ2n) is 19.1. The van der Waals surface area contributed by atoms with Gasteiger partial charge in [0.2, 0.25) is 0 Å². The summed E-state index contributed by atoms with van der Waals surface area (Å²) in [5.41, 5.74) is 8.65. The number of phenols is 4. The molecule has 84 heavy (non-hydrogen) atoms. The van der Waals surface area contributed by atoms with E-state index in [1.165, 1.54) is 0 Å². The summed E-state index contributed by atoms with van der Waals surface area (Å²) in [5, 5.41) is 45.6. The average molecular weight is 1210 g/mol. The molecule has 0 aliphatic carbocycles. The van der Waals surface area contributed by atoms with Crippen molar-refractivity contribution < 1.29 is 81.8 Å². The van der Waals surface area contributed by atoms with Crippen LogP contribution in [-0.4, -0.2) is 98.1 Å². The third-order valence-corrected chi connectivity index (χ3v) is 13.1. The van der Waals surface area contributed by atoms with E-state index in [1.54, 1.807) is 49.1 Å². The maximum atomic E-state index is 11.4. The fourth-order valence-electron chi connectivity index (χ4n) is 8.98. The zero-order valence-corrected chi connectivity index (χ0v) is 48.0. The molecule has 0 radical (unpaired) electrons. The molecule has 0 unspecified atom stereocenters. The van der Waals surface area contributed by atoms with Gasteiger partial charge in [0, 0.05) is 80.1 Å². The summed E-state index contributed by atoms with van der Waals surface area (Å²) < 4.78 is 36.0. The molecule has 1 aliphatic rings. The minimum Gasteiger partial charge on any atom is -0.507 e. The number of benzene rings is 8. The molecule has 1 aliphatic heterocycles. The van der Waals surface area contributed by atoms with Gasteiger partial charge in [-0.25, -0.2) is 0 Å². The molecule has 4 N–H and O–H groups in total. The summed E-state index contributed by atoms with van der Waals surface area (Å²) in [4.78, 5) is 18.7. The van der Waals surface area contributed by atoms with Crippen molar-refractivity contribution in [3.8, 4) is 46.0 Å². The van der Waals surface area contributed by atoms with E-state index in [0.29, 0.717) is 142 Å². The van der Waals surface area contributed by atoms with Crippen LogP contribution in [0, 0.1) is 0 Å². The predicted molar refractivity (Wildman–Crippen MR) is 324 cm³/mol. The fraction of sp³-hybridized carbons (Fsp3) is 0.176. The molecule has 0 saturated carbocycles. The van der Waals surface area contributed by atoms with Crippen LogP contribution in [0.3, 0.4) is 0 Å². The molecule has 0 aromatic heterocycles. The van der Waals surface area contributed by atoms with Crippen molar-refractivity contribution in [3.05, 3.63) is 239 Å². The number of aromatic hydroxyl groups is 4. The van der Waals surface area contributed by atoms with Crippen LogP contribution in [0.4, 0.5) is 22.7 Å². The molecule has 0 spiro atoms. The largest absolute Gasteiger partial charge is 0.507 e. The Bertz CT molecular complexity index is 3170. The Morgan fingerprint density at radius 3 is 0.750 bits per heavy atom. The van der Waals surface area contributed by atoms with Crippen LogP contribution in [0.1, 0.15) is 44.5 Å². The van der Waals surface area contributed by atoms with Crippen molar-refractivity contribution in [2.45, 2.75) is 25.7 Å². The molecule has 0 saturated heterocycles. The molecule has 0 fully saturated rings. The smallest absolute Gasteiger partial charge is 0.145 e. The molecule has 9 rings (SSSR count). The van der Waals surface area contributed by atoms with Gasteiger partial charge >= 0.3 is 0 Å².